The number of benzene rings is 1. The van der Waals surface area contributed by atoms with Crippen LogP contribution in [-0.2, 0) is 16.0 Å². The van der Waals surface area contributed by atoms with Crippen LogP contribution >= 0.6 is 0 Å². The number of rotatable bonds is 4. The third kappa shape index (κ3) is 2.49. The van der Waals surface area contributed by atoms with Crippen LogP contribution in [0.5, 0.6) is 0 Å². The van der Waals surface area contributed by atoms with Crippen LogP contribution in [0, 0.1) is 0 Å². The van der Waals surface area contributed by atoms with E-state index in [-0.39, 0.29) is 11.8 Å². The zero-order valence-electron chi connectivity index (χ0n) is 11.3. The molecule has 0 aromatic heterocycles. The van der Waals surface area contributed by atoms with Gasteiger partial charge >= 0.3 is 5.97 Å². The molecular weight excluding hydrogens is 260 g/mol. The van der Waals surface area contributed by atoms with Gasteiger partial charge < -0.3 is 15.3 Å². The summed E-state index contributed by atoms with van der Waals surface area (Å²) in [4.78, 5) is 35.9. The summed E-state index contributed by atoms with van der Waals surface area (Å²) in [6, 6.07) is 4.07. The van der Waals surface area contributed by atoms with Crippen molar-refractivity contribution in [3.05, 3.63) is 29.3 Å². The Morgan fingerprint density at radius 2 is 2.15 bits per heavy atom. The summed E-state index contributed by atoms with van der Waals surface area (Å²) in [5.74, 6) is -1.50. The van der Waals surface area contributed by atoms with Gasteiger partial charge in [0.1, 0.15) is 6.04 Å². The molecular formula is C14H16N2O4. The van der Waals surface area contributed by atoms with Crippen molar-refractivity contribution in [3.8, 4) is 0 Å². The molecule has 1 atom stereocenters. The number of likely N-dealkylation sites (N-methyl/N-ethyl adjacent to an activating group) is 1. The normalized spacial score (nSPS) is 14.4. The number of carbonyl (C=O) groups is 3. The Balaban J connectivity index is 2.24. The van der Waals surface area contributed by atoms with Crippen LogP contribution in [0.1, 0.15) is 29.3 Å². The lowest BCUT2D eigenvalue weighted by Gasteiger charge is -2.24. The minimum Gasteiger partial charge on any atom is -0.480 e. The molecule has 0 radical (unpaired) electrons. The fourth-order valence-electron chi connectivity index (χ4n) is 2.31. The number of carbonyl (C=O) groups excluding carboxylic acids is 2. The molecule has 2 rings (SSSR count). The van der Waals surface area contributed by atoms with Crippen molar-refractivity contribution in [3.63, 3.8) is 0 Å². The van der Waals surface area contributed by atoms with Gasteiger partial charge in [-0.2, -0.15) is 0 Å². The molecule has 0 fully saturated rings. The van der Waals surface area contributed by atoms with Crippen molar-refractivity contribution in [2.45, 2.75) is 25.8 Å². The molecule has 1 aromatic carbocycles. The monoisotopic (exact) mass is 276 g/mol. The van der Waals surface area contributed by atoms with Crippen molar-refractivity contribution in [1.29, 1.82) is 0 Å². The summed E-state index contributed by atoms with van der Waals surface area (Å²) in [6.45, 7) is 1.71. The minimum absolute atomic E-state index is 0.102. The van der Waals surface area contributed by atoms with Gasteiger partial charge in [-0.3, -0.25) is 9.59 Å². The van der Waals surface area contributed by atoms with Gasteiger partial charge in [0.05, 0.1) is 6.42 Å². The highest BCUT2D eigenvalue weighted by Crippen LogP contribution is 2.24. The number of hydrogen-bond acceptors (Lipinski definition) is 3. The summed E-state index contributed by atoms with van der Waals surface area (Å²) in [7, 11) is 1.47. The van der Waals surface area contributed by atoms with Crippen LogP contribution < -0.4 is 5.32 Å². The molecule has 0 bridgehead atoms. The van der Waals surface area contributed by atoms with Crippen molar-refractivity contribution >= 4 is 23.5 Å². The molecule has 1 aliphatic rings. The highest BCUT2D eigenvalue weighted by molar-refractivity contribution is 6.02. The third-order valence-corrected chi connectivity index (χ3v) is 3.44. The van der Waals surface area contributed by atoms with Crippen LogP contribution in [-0.4, -0.2) is 40.9 Å². The Morgan fingerprint density at radius 1 is 1.45 bits per heavy atom. The molecule has 0 saturated heterocycles. The van der Waals surface area contributed by atoms with Crippen molar-refractivity contribution < 1.29 is 19.5 Å². The maximum absolute atomic E-state index is 12.3. The zero-order valence-corrected chi connectivity index (χ0v) is 11.3. The van der Waals surface area contributed by atoms with Crippen molar-refractivity contribution in [1.82, 2.24) is 4.90 Å². The van der Waals surface area contributed by atoms with Gasteiger partial charge in [-0.15, -0.1) is 0 Å². The molecule has 20 heavy (non-hydrogen) atoms. The second-order valence-corrected chi connectivity index (χ2v) is 4.78. The number of amides is 2. The Morgan fingerprint density at radius 3 is 2.75 bits per heavy atom. The number of nitrogens with one attached hydrogen (secondary N) is 1. The second-order valence-electron chi connectivity index (χ2n) is 4.78. The molecule has 0 aliphatic carbocycles. The van der Waals surface area contributed by atoms with E-state index in [1.54, 1.807) is 25.1 Å². The van der Waals surface area contributed by atoms with E-state index >= 15 is 0 Å². The van der Waals surface area contributed by atoms with E-state index in [1.807, 2.05) is 0 Å². The molecule has 0 saturated carbocycles. The average Bonchev–Trinajstić information content (AvgIpc) is 2.76. The Labute approximate surface area is 116 Å². The van der Waals surface area contributed by atoms with Crippen LogP contribution in [0.15, 0.2) is 18.2 Å². The first-order valence-electron chi connectivity index (χ1n) is 6.36. The summed E-state index contributed by atoms with van der Waals surface area (Å²) >= 11 is 0. The Kier molecular flexibility index (Phi) is 3.74. The van der Waals surface area contributed by atoms with Gasteiger partial charge in [-0.05, 0) is 24.1 Å². The molecule has 1 aromatic rings. The zero-order chi connectivity index (χ0) is 14.9. The number of hydrogen-bond donors (Lipinski definition) is 2. The predicted octanol–water partition coefficient (Wildman–Crippen LogP) is 1.12. The molecule has 1 aliphatic heterocycles. The molecule has 1 heterocycles. The maximum Gasteiger partial charge on any atom is 0.326 e. The number of anilines is 1. The van der Waals surface area contributed by atoms with E-state index in [1.165, 1.54) is 11.9 Å². The smallest absolute Gasteiger partial charge is 0.326 e. The fraction of sp³-hybridized carbons (Fsp3) is 0.357. The summed E-state index contributed by atoms with van der Waals surface area (Å²) in [5, 5.41) is 11.7. The molecule has 1 unspecified atom stereocenters. The minimum atomic E-state index is -1.03. The van der Waals surface area contributed by atoms with Crippen LogP contribution in [0.25, 0.3) is 0 Å². The molecule has 6 nitrogen and oxygen atoms in total. The van der Waals surface area contributed by atoms with Gasteiger partial charge in [0.25, 0.3) is 5.91 Å². The lowest BCUT2D eigenvalue weighted by molar-refractivity contribution is -0.142. The maximum atomic E-state index is 12.3. The number of aliphatic carboxylic acids is 1. The first kappa shape index (κ1) is 14.0. The number of carboxylic acid groups (broad SMARTS) is 1. The molecule has 2 N–H and O–H groups in total. The van der Waals surface area contributed by atoms with E-state index in [9.17, 15) is 14.4 Å². The van der Waals surface area contributed by atoms with E-state index in [2.05, 4.69) is 5.32 Å². The number of carboxylic acids is 1. The SMILES string of the molecule is CCC(C(=O)O)N(C)C(=O)c1ccc2c(c1)NC(=O)C2. The van der Waals surface area contributed by atoms with E-state index in [0.717, 1.165) is 5.56 Å². The van der Waals surface area contributed by atoms with E-state index < -0.39 is 12.0 Å². The van der Waals surface area contributed by atoms with Crippen LogP contribution in [0.3, 0.4) is 0 Å². The molecule has 106 valence electrons. The highest BCUT2D eigenvalue weighted by atomic mass is 16.4. The van der Waals surface area contributed by atoms with Crippen molar-refractivity contribution in [2.24, 2.45) is 0 Å². The summed E-state index contributed by atoms with van der Waals surface area (Å²) in [6.07, 6.45) is 0.644. The predicted molar refractivity (Wildman–Crippen MR) is 72.6 cm³/mol. The first-order chi connectivity index (χ1) is 9.43. The molecule has 6 heteroatoms. The first-order valence-corrected chi connectivity index (χ1v) is 6.36. The van der Waals surface area contributed by atoms with E-state index in [0.29, 0.717) is 24.1 Å². The lowest BCUT2D eigenvalue weighted by atomic mass is 10.1. The Hall–Kier alpha value is -2.37. The van der Waals surface area contributed by atoms with Gasteiger partial charge in [0, 0.05) is 18.3 Å². The summed E-state index contributed by atoms with van der Waals surface area (Å²) < 4.78 is 0. The molecule has 0 spiro atoms. The third-order valence-electron chi connectivity index (χ3n) is 3.44. The van der Waals surface area contributed by atoms with E-state index in [4.69, 9.17) is 5.11 Å². The standard InChI is InChI=1S/C14H16N2O4/c1-3-11(14(19)20)16(2)13(18)9-5-4-8-7-12(17)15-10(8)6-9/h4-6,11H,3,7H2,1-2H3,(H,15,17)(H,19,20). The van der Waals surface area contributed by atoms with Crippen LogP contribution in [0.4, 0.5) is 5.69 Å². The summed E-state index contributed by atoms with van der Waals surface area (Å²) in [5.41, 5.74) is 1.84. The lowest BCUT2D eigenvalue weighted by Crippen LogP contribution is -2.41. The highest BCUT2D eigenvalue weighted by Gasteiger charge is 2.26. The van der Waals surface area contributed by atoms with Gasteiger partial charge in [0.2, 0.25) is 5.91 Å². The van der Waals surface area contributed by atoms with Crippen molar-refractivity contribution in [2.75, 3.05) is 12.4 Å². The number of fused-ring (bicyclic) bond motifs is 1. The topological polar surface area (TPSA) is 86.7 Å². The van der Waals surface area contributed by atoms with Gasteiger partial charge in [-0.1, -0.05) is 13.0 Å². The van der Waals surface area contributed by atoms with Gasteiger partial charge in [0.15, 0.2) is 0 Å². The number of nitrogens with zero attached hydrogens (tertiary/aromatic N) is 1. The second kappa shape index (κ2) is 5.32. The molecule has 2 amide bonds. The largest absolute Gasteiger partial charge is 0.480 e. The quantitative estimate of drug-likeness (QED) is 0.862. The fourth-order valence-corrected chi connectivity index (χ4v) is 2.31. The average molecular weight is 276 g/mol. The van der Waals surface area contributed by atoms with Gasteiger partial charge in [-0.25, -0.2) is 4.79 Å². The Bertz CT molecular complexity index is 583. The van der Waals surface area contributed by atoms with Crippen LogP contribution in [0.2, 0.25) is 0 Å².